The lowest BCUT2D eigenvalue weighted by atomic mass is 10.3. The molecule has 0 saturated heterocycles. The first kappa shape index (κ1) is 18.3. The SMILES string of the molecule is COCCN(CCOC)c1ccc(NC(=O)CCCN)nc1. The molecular formula is C15H26N4O3. The smallest absolute Gasteiger partial charge is 0.225 e. The number of anilines is 2. The van der Waals surface area contributed by atoms with E-state index < -0.39 is 0 Å². The fraction of sp³-hybridized carbons (Fsp3) is 0.600. The number of nitrogens with zero attached hydrogens (tertiary/aromatic N) is 2. The van der Waals surface area contributed by atoms with Crippen LogP contribution in [0, 0.1) is 0 Å². The van der Waals surface area contributed by atoms with Crippen LogP contribution in [0.2, 0.25) is 0 Å². The standard InChI is InChI=1S/C15H26N4O3/c1-21-10-8-19(9-11-22-2)13-5-6-14(17-12-13)18-15(20)4-3-7-16/h5-6,12H,3-4,7-11,16H2,1-2H3,(H,17,18,20). The Morgan fingerprint density at radius 2 is 1.95 bits per heavy atom. The average Bonchev–Trinajstić information content (AvgIpc) is 2.54. The van der Waals surface area contributed by atoms with Gasteiger partial charge in [0.05, 0.1) is 25.1 Å². The molecule has 0 unspecified atom stereocenters. The first-order valence-corrected chi connectivity index (χ1v) is 7.40. The van der Waals surface area contributed by atoms with Crippen molar-refractivity contribution in [1.29, 1.82) is 0 Å². The summed E-state index contributed by atoms with van der Waals surface area (Å²) >= 11 is 0. The third kappa shape index (κ3) is 6.84. The zero-order chi connectivity index (χ0) is 16.2. The summed E-state index contributed by atoms with van der Waals surface area (Å²) < 4.78 is 10.2. The molecule has 0 fully saturated rings. The molecular weight excluding hydrogens is 284 g/mol. The van der Waals surface area contributed by atoms with Crippen LogP contribution in [0.3, 0.4) is 0 Å². The molecule has 7 nitrogen and oxygen atoms in total. The molecule has 1 aromatic rings. The molecule has 1 heterocycles. The van der Waals surface area contributed by atoms with E-state index in [1.54, 1.807) is 26.5 Å². The van der Waals surface area contributed by atoms with Crippen molar-refractivity contribution in [2.45, 2.75) is 12.8 Å². The highest BCUT2D eigenvalue weighted by molar-refractivity contribution is 5.89. The minimum atomic E-state index is -0.0682. The van der Waals surface area contributed by atoms with Gasteiger partial charge in [0.1, 0.15) is 5.82 Å². The van der Waals surface area contributed by atoms with Gasteiger partial charge in [-0.3, -0.25) is 4.79 Å². The van der Waals surface area contributed by atoms with Gasteiger partial charge in [0, 0.05) is 33.7 Å². The van der Waals surface area contributed by atoms with Crippen LogP contribution in [-0.2, 0) is 14.3 Å². The van der Waals surface area contributed by atoms with Gasteiger partial charge in [0.25, 0.3) is 0 Å². The summed E-state index contributed by atoms with van der Waals surface area (Å²) in [5.41, 5.74) is 6.35. The van der Waals surface area contributed by atoms with Crippen molar-refractivity contribution in [2.24, 2.45) is 5.73 Å². The number of methoxy groups -OCH3 is 2. The van der Waals surface area contributed by atoms with E-state index in [4.69, 9.17) is 15.2 Å². The van der Waals surface area contributed by atoms with Gasteiger partial charge in [-0.15, -0.1) is 0 Å². The minimum Gasteiger partial charge on any atom is -0.383 e. The van der Waals surface area contributed by atoms with Crippen molar-refractivity contribution >= 4 is 17.4 Å². The number of ether oxygens (including phenoxy) is 2. The summed E-state index contributed by atoms with van der Waals surface area (Å²) in [7, 11) is 3.35. The normalized spacial score (nSPS) is 10.5. The Hall–Kier alpha value is -1.70. The van der Waals surface area contributed by atoms with Crippen LogP contribution >= 0.6 is 0 Å². The van der Waals surface area contributed by atoms with E-state index >= 15 is 0 Å². The van der Waals surface area contributed by atoms with Crippen molar-refractivity contribution in [3.8, 4) is 0 Å². The molecule has 0 aromatic carbocycles. The Bertz CT molecular complexity index is 417. The third-order valence-corrected chi connectivity index (χ3v) is 3.12. The van der Waals surface area contributed by atoms with Gasteiger partial charge in [0.2, 0.25) is 5.91 Å². The molecule has 0 aliphatic rings. The van der Waals surface area contributed by atoms with E-state index in [-0.39, 0.29) is 5.91 Å². The molecule has 0 bridgehead atoms. The van der Waals surface area contributed by atoms with Crippen molar-refractivity contribution in [2.75, 3.05) is 57.3 Å². The van der Waals surface area contributed by atoms with Crippen molar-refractivity contribution in [3.63, 3.8) is 0 Å². The molecule has 124 valence electrons. The first-order valence-electron chi connectivity index (χ1n) is 7.40. The number of hydrogen-bond donors (Lipinski definition) is 2. The van der Waals surface area contributed by atoms with Crippen molar-refractivity contribution in [3.05, 3.63) is 18.3 Å². The maximum atomic E-state index is 11.6. The van der Waals surface area contributed by atoms with Crippen molar-refractivity contribution < 1.29 is 14.3 Å². The average molecular weight is 310 g/mol. The summed E-state index contributed by atoms with van der Waals surface area (Å²) in [6.07, 6.45) is 2.82. The van der Waals surface area contributed by atoms with E-state index in [1.807, 2.05) is 6.07 Å². The molecule has 0 aliphatic carbocycles. The van der Waals surface area contributed by atoms with E-state index in [9.17, 15) is 4.79 Å². The fourth-order valence-electron chi connectivity index (χ4n) is 1.89. The summed E-state index contributed by atoms with van der Waals surface area (Å²) in [5, 5.41) is 2.76. The molecule has 22 heavy (non-hydrogen) atoms. The van der Waals surface area contributed by atoms with Gasteiger partial charge in [-0.1, -0.05) is 0 Å². The lowest BCUT2D eigenvalue weighted by Crippen LogP contribution is -2.30. The maximum absolute atomic E-state index is 11.6. The zero-order valence-electron chi connectivity index (χ0n) is 13.4. The van der Waals surface area contributed by atoms with Crippen LogP contribution in [0.15, 0.2) is 18.3 Å². The quantitative estimate of drug-likeness (QED) is 0.630. The summed E-state index contributed by atoms with van der Waals surface area (Å²) in [5.74, 6) is 0.477. The number of nitrogens with one attached hydrogen (secondary N) is 1. The highest BCUT2D eigenvalue weighted by Gasteiger charge is 2.08. The van der Waals surface area contributed by atoms with Gasteiger partial charge in [0.15, 0.2) is 0 Å². The van der Waals surface area contributed by atoms with Gasteiger partial charge < -0.3 is 25.4 Å². The second-order valence-corrected chi connectivity index (χ2v) is 4.81. The first-order chi connectivity index (χ1) is 10.7. The Balaban J connectivity index is 2.61. The molecule has 0 aliphatic heterocycles. The van der Waals surface area contributed by atoms with E-state index in [1.165, 1.54) is 0 Å². The molecule has 0 atom stereocenters. The van der Waals surface area contributed by atoms with E-state index in [0.29, 0.717) is 38.4 Å². The Morgan fingerprint density at radius 3 is 2.45 bits per heavy atom. The molecule has 1 rings (SSSR count). The second kappa shape index (κ2) is 10.9. The lowest BCUT2D eigenvalue weighted by Gasteiger charge is -2.24. The van der Waals surface area contributed by atoms with Crippen molar-refractivity contribution in [1.82, 2.24) is 4.98 Å². The molecule has 0 radical (unpaired) electrons. The Kier molecular flexibility index (Phi) is 9.13. The highest BCUT2D eigenvalue weighted by Crippen LogP contribution is 2.15. The van der Waals surface area contributed by atoms with Crippen LogP contribution < -0.4 is 16.0 Å². The number of nitrogens with two attached hydrogens (primary N) is 1. The van der Waals surface area contributed by atoms with Gasteiger partial charge >= 0.3 is 0 Å². The number of rotatable bonds is 11. The van der Waals surface area contributed by atoms with Gasteiger partial charge in [-0.2, -0.15) is 0 Å². The van der Waals surface area contributed by atoms with Crippen LogP contribution in [0.4, 0.5) is 11.5 Å². The number of carbonyl (C=O) groups excluding carboxylic acids is 1. The number of aromatic nitrogens is 1. The minimum absolute atomic E-state index is 0.0682. The Labute approximate surface area is 131 Å². The predicted octanol–water partition coefficient (Wildman–Crippen LogP) is 0.858. The summed E-state index contributed by atoms with van der Waals surface area (Å²) in [4.78, 5) is 18.0. The van der Waals surface area contributed by atoms with Crippen LogP contribution in [0.1, 0.15) is 12.8 Å². The molecule has 1 amide bonds. The fourth-order valence-corrected chi connectivity index (χ4v) is 1.89. The zero-order valence-corrected chi connectivity index (χ0v) is 13.4. The predicted molar refractivity (Wildman–Crippen MR) is 87.1 cm³/mol. The van der Waals surface area contributed by atoms with E-state index in [0.717, 1.165) is 18.8 Å². The number of carbonyl (C=O) groups is 1. The second-order valence-electron chi connectivity index (χ2n) is 4.81. The topological polar surface area (TPSA) is 89.7 Å². The third-order valence-electron chi connectivity index (χ3n) is 3.12. The molecule has 0 saturated carbocycles. The molecule has 3 N–H and O–H groups in total. The van der Waals surface area contributed by atoms with Crippen LogP contribution in [0.25, 0.3) is 0 Å². The van der Waals surface area contributed by atoms with Gasteiger partial charge in [-0.05, 0) is 25.1 Å². The Morgan fingerprint density at radius 1 is 1.27 bits per heavy atom. The molecule has 0 spiro atoms. The number of amides is 1. The number of hydrogen-bond acceptors (Lipinski definition) is 6. The summed E-state index contributed by atoms with van der Waals surface area (Å²) in [6.45, 7) is 3.27. The monoisotopic (exact) mass is 310 g/mol. The maximum Gasteiger partial charge on any atom is 0.225 e. The molecule has 1 aromatic heterocycles. The van der Waals surface area contributed by atoms with E-state index in [2.05, 4.69) is 15.2 Å². The summed E-state index contributed by atoms with van der Waals surface area (Å²) in [6, 6.07) is 3.72. The largest absolute Gasteiger partial charge is 0.383 e. The van der Waals surface area contributed by atoms with Crippen LogP contribution in [0.5, 0.6) is 0 Å². The molecule has 7 heteroatoms. The number of pyridine rings is 1. The van der Waals surface area contributed by atoms with Crippen LogP contribution in [-0.4, -0.2) is 58.0 Å². The van der Waals surface area contributed by atoms with Gasteiger partial charge in [-0.25, -0.2) is 4.98 Å². The lowest BCUT2D eigenvalue weighted by molar-refractivity contribution is -0.116. The highest BCUT2D eigenvalue weighted by atomic mass is 16.5.